The van der Waals surface area contributed by atoms with Gasteiger partial charge in [0.05, 0.1) is 0 Å². The molecule has 0 fully saturated rings. The fourth-order valence-electron chi connectivity index (χ4n) is 2.30. The van der Waals surface area contributed by atoms with Crippen molar-refractivity contribution in [2.45, 2.75) is 26.0 Å². The maximum absolute atomic E-state index is 12.6. The van der Waals surface area contributed by atoms with E-state index in [1.807, 2.05) is 74.5 Å². The zero-order valence-corrected chi connectivity index (χ0v) is 14.9. The monoisotopic (exact) mass is 348 g/mol. The van der Waals surface area contributed by atoms with Gasteiger partial charge in [0.15, 0.2) is 0 Å². The normalized spacial score (nSPS) is 12.6. The van der Waals surface area contributed by atoms with Gasteiger partial charge in [-0.2, -0.15) is 0 Å². The zero-order valence-electron chi connectivity index (χ0n) is 14.1. The Morgan fingerprint density at radius 2 is 1.62 bits per heavy atom. The van der Waals surface area contributed by atoms with E-state index in [0.29, 0.717) is 12.3 Å². The number of para-hydroxylation sites is 1. The maximum Gasteiger partial charge on any atom is 0.265 e. The molecule has 2 aromatic rings. The van der Waals surface area contributed by atoms with Crippen molar-refractivity contribution < 1.29 is 9.53 Å². The first kappa shape index (κ1) is 20.0. The van der Waals surface area contributed by atoms with Gasteiger partial charge in [-0.15, -0.1) is 12.4 Å². The van der Waals surface area contributed by atoms with Crippen LogP contribution in [0.15, 0.2) is 60.7 Å². The summed E-state index contributed by atoms with van der Waals surface area (Å²) < 4.78 is 5.92. The Labute approximate surface area is 150 Å². The summed E-state index contributed by atoms with van der Waals surface area (Å²) in [6.07, 6.45) is -0.660. The fourth-order valence-corrected chi connectivity index (χ4v) is 2.30. The van der Waals surface area contributed by atoms with Gasteiger partial charge in [0.25, 0.3) is 5.91 Å². The lowest BCUT2D eigenvalue weighted by molar-refractivity contribution is -0.128. The SMILES string of the molecule is CCN[C@H](C)CNC(=O)C(Oc1ccccc1)c1ccccc1.Cl. The number of hydrogen-bond acceptors (Lipinski definition) is 3. The highest BCUT2D eigenvalue weighted by Crippen LogP contribution is 2.21. The van der Waals surface area contributed by atoms with Gasteiger partial charge in [-0.25, -0.2) is 0 Å². The highest BCUT2D eigenvalue weighted by atomic mass is 35.5. The molecular weight excluding hydrogens is 324 g/mol. The first-order valence-electron chi connectivity index (χ1n) is 7.98. The van der Waals surface area contributed by atoms with Crippen LogP contribution in [-0.4, -0.2) is 25.0 Å². The molecule has 0 aliphatic rings. The standard InChI is InChI=1S/C19H24N2O2.ClH/c1-3-20-15(2)14-21-19(22)18(16-10-6-4-7-11-16)23-17-12-8-5-9-13-17;/h4-13,15,18,20H,3,14H2,1-2H3,(H,21,22);1H/t15-,18?;/m1./s1. The summed E-state index contributed by atoms with van der Waals surface area (Å²) in [5.74, 6) is 0.543. The van der Waals surface area contributed by atoms with Crippen molar-refractivity contribution in [2.24, 2.45) is 0 Å². The topological polar surface area (TPSA) is 50.4 Å². The van der Waals surface area contributed by atoms with E-state index in [1.54, 1.807) is 0 Å². The Morgan fingerprint density at radius 1 is 1.04 bits per heavy atom. The average Bonchev–Trinajstić information content (AvgIpc) is 2.59. The molecule has 1 unspecified atom stereocenters. The molecule has 0 aliphatic heterocycles. The van der Waals surface area contributed by atoms with Crippen LogP contribution in [0.4, 0.5) is 0 Å². The van der Waals surface area contributed by atoms with Crippen molar-refractivity contribution in [3.63, 3.8) is 0 Å². The zero-order chi connectivity index (χ0) is 16.5. The van der Waals surface area contributed by atoms with Crippen LogP contribution in [0, 0.1) is 0 Å². The lowest BCUT2D eigenvalue weighted by atomic mass is 10.1. The molecule has 0 heterocycles. The van der Waals surface area contributed by atoms with Crippen molar-refractivity contribution in [1.29, 1.82) is 0 Å². The van der Waals surface area contributed by atoms with Gasteiger partial charge < -0.3 is 15.4 Å². The number of benzene rings is 2. The quantitative estimate of drug-likeness (QED) is 0.769. The van der Waals surface area contributed by atoms with Gasteiger partial charge >= 0.3 is 0 Å². The number of likely N-dealkylation sites (N-methyl/N-ethyl adjacent to an activating group) is 1. The van der Waals surface area contributed by atoms with Crippen molar-refractivity contribution >= 4 is 18.3 Å². The van der Waals surface area contributed by atoms with Gasteiger partial charge in [-0.05, 0) is 25.6 Å². The highest BCUT2D eigenvalue weighted by Gasteiger charge is 2.22. The van der Waals surface area contributed by atoms with Gasteiger partial charge in [0.1, 0.15) is 5.75 Å². The van der Waals surface area contributed by atoms with E-state index in [-0.39, 0.29) is 24.4 Å². The number of carbonyl (C=O) groups excluding carboxylic acids is 1. The smallest absolute Gasteiger partial charge is 0.265 e. The lowest BCUT2D eigenvalue weighted by Crippen LogP contribution is -2.41. The Hall–Kier alpha value is -2.04. The van der Waals surface area contributed by atoms with Crippen LogP contribution in [0.5, 0.6) is 5.75 Å². The third-order valence-corrected chi connectivity index (χ3v) is 3.47. The highest BCUT2D eigenvalue weighted by molar-refractivity contribution is 5.85. The van der Waals surface area contributed by atoms with E-state index >= 15 is 0 Å². The minimum atomic E-state index is -0.660. The van der Waals surface area contributed by atoms with Gasteiger partial charge in [0, 0.05) is 18.2 Å². The molecule has 1 amide bonds. The minimum Gasteiger partial charge on any atom is -0.476 e. The largest absolute Gasteiger partial charge is 0.476 e. The summed E-state index contributed by atoms with van der Waals surface area (Å²) in [6, 6.07) is 19.2. The molecule has 4 nitrogen and oxygen atoms in total. The molecule has 5 heteroatoms. The number of halogens is 1. The minimum absolute atomic E-state index is 0. The van der Waals surface area contributed by atoms with E-state index in [4.69, 9.17) is 4.74 Å². The predicted octanol–water partition coefficient (Wildman–Crippen LogP) is 3.34. The molecule has 0 saturated heterocycles. The lowest BCUT2D eigenvalue weighted by Gasteiger charge is -2.21. The van der Waals surface area contributed by atoms with E-state index in [1.165, 1.54) is 0 Å². The molecular formula is C19H25ClN2O2. The molecule has 24 heavy (non-hydrogen) atoms. The molecule has 130 valence electrons. The maximum atomic E-state index is 12.6. The third kappa shape index (κ3) is 6.22. The third-order valence-electron chi connectivity index (χ3n) is 3.47. The van der Waals surface area contributed by atoms with Gasteiger partial charge in [0.2, 0.25) is 6.10 Å². The van der Waals surface area contributed by atoms with E-state index in [9.17, 15) is 4.79 Å². The van der Waals surface area contributed by atoms with Crippen LogP contribution < -0.4 is 15.4 Å². The van der Waals surface area contributed by atoms with Gasteiger partial charge in [-0.3, -0.25) is 4.79 Å². The molecule has 0 bridgehead atoms. The van der Waals surface area contributed by atoms with Crippen LogP contribution in [-0.2, 0) is 4.79 Å². The molecule has 0 aromatic heterocycles. The van der Waals surface area contributed by atoms with E-state index < -0.39 is 6.10 Å². The van der Waals surface area contributed by atoms with Crippen molar-refractivity contribution in [3.8, 4) is 5.75 Å². The summed E-state index contributed by atoms with van der Waals surface area (Å²) in [6.45, 7) is 5.52. The predicted molar refractivity (Wildman–Crippen MR) is 99.6 cm³/mol. The fraction of sp³-hybridized carbons (Fsp3) is 0.316. The van der Waals surface area contributed by atoms with Crippen LogP contribution in [0.1, 0.15) is 25.5 Å². The molecule has 2 N–H and O–H groups in total. The van der Waals surface area contributed by atoms with Crippen LogP contribution in [0.2, 0.25) is 0 Å². The first-order valence-corrected chi connectivity index (χ1v) is 7.98. The average molecular weight is 349 g/mol. The summed E-state index contributed by atoms with van der Waals surface area (Å²) in [5.41, 5.74) is 0.838. The van der Waals surface area contributed by atoms with E-state index in [0.717, 1.165) is 12.1 Å². The van der Waals surface area contributed by atoms with Crippen LogP contribution >= 0.6 is 12.4 Å². The number of amides is 1. The number of rotatable bonds is 8. The Morgan fingerprint density at radius 3 is 2.21 bits per heavy atom. The second kappa shape index (κ2) is 10.7. The number of ether oxygens (including phenoxy) is 1. The molecule has 0 aliphatic carbocycles. The summed E-state index contributed by atoms with van der Waals surface area (Å²) in [7, 11) is 0. The van der Waals surface area contributed by atoms with Crippen molar-refractivity contribution in [2.75, 3.05) is 13.1 Å². The molecule has 2 rings (SSSR count). The summed E-state index contributed by atoms with van der Waals surface area (Å²) >= 11 is 0. The van der Waals surface area contributed by atoms with Crippen LogP contribution in [0.25, 0.3) is 0 Å². The van der Waals surface area contributed by atoms with E-state index in [2.05, 4.69) is 10.6 Å². The molecule has 0 radical (unpaired) electrons. The number of nitrogens with one attached hydrogen (secondary N) is 2. The second-order valence-corrected chi connectivity index (χ2v) is 5.43. The molecule has 2 atom stereocenters. The van der Waals surface area contributed by atoms with Crippen LogP contribution in [0.3, 0.4) is 0 Å². The Bertz CT molecular complexity index is 593. The van der Waals surface area contributed by atoms with Crippen molar-refractivity contribution in [1.82, 2.24) is 10.6 Å². The summed E-state index contributed by atoms with van der Waals surface area (Å²) in [4.78, 5) is 12.6. The first-order chi connectivity index (χ1) is 11.2. The Balaban J connectivity index is 0.00000288. The number of carbonyl (C=O) groups is 1. The van der Waals surface area contributed by atoms with Crippen molar-refractivity contribution in [3.05, 3.63) is 66.2 Å². The summed E-state index contributed by atoms with van der Waals surface area (Å²) in [5, 5.41) is 6.23. The molecule has 2 aromatic carbocycles. The molecule has 0 spiro atoms. The molecule has 0 saturated carbocycles. The van der Waals surface area contributed by atoms with Gasteiger partial charge in [-0.1, -0.05) is 55.5 Å². The number of hydrogen-bond donors (Lipinski definition) is 2. The second-order valence-electron chi connectivity index (χ2n) is 5.43. The Kier molecular flexibility index (Phi) is 8.90.